The van der Waals surface area contributed by atoms with Crippen LogP contribution in [-0.4, -0.2) is 101 Å². The molecule has 172 valence electrons. The van der Waals surface area contributed by atoms with Crippen LogP contribution in [-0.2, 0) is 9.53 Å². The molecule has 8 N–H and O–H groups in total. The maximum atomic E-state index is 10.8. The van der Waals surface area contributed by atoms with Crippen molar-refractivity contribution in [2.75, 3.05) is 26.0 Å². The van der Waals surface area contributed by atoms with Gasteiger partial charge in [0, 0.05) is 6.20 Å². The molecule has 0 spiro atoms. The second-order valence-electron chi connectivity index (χ2n) is 8.58. The van der Waals surface area contributed by atoms with Gasteiger partial charge in [-0.3, -0.25) is 10.1 Å². The van der Waals surface area contributed by atoms with Crippen molar-refractivity contribution in [3.05, 3.63) is 12.3 Å². The molecular weight excluding hydrogens is 409 g/mol. The summed E-state index contributed by atoms with van der Waals surface area (Å²) >= 11 is 0. The molecule has 30 heavy (non-hydrogen) atoms. The van der Waals surface area contributed by atoms with Crippen molar-refractivity contribution in [1.82, 2.24) is 10.2 Å². The maximum absolute atomic E-state index is 10.8. The topological polar surface area (TPSA) is 167 Å². The third-order valence-electron chi connectivity index (χ3n) is 5.21. The highest BCUT2D eigenvalue weighted by molar-refractivity contribution is 7.72. The summed E-state index contributed by atoms with van der Waals surface area (Å²) in [6, 6.07) is -0.862. The van der Waals surface area contributed by atoms with E-state index >= 15 is 0 Å². The summed E-state index contributed by atoms with van der Waals surface area (Å²) in [6.45, 7) is 3.52. The van der Waals surface area contributed by atoms with Crippen LogP contribution in [0.2, 0.25) is 0 Å². The minimum absolute atomic E-state index is 0.338. The predicted molar refractivity (Wildman–Crippen MR) is 120 cm³/mol. The van der Waals surface area contributed by atoms with Crippen molar-refractivity contribution in [3.63, 3.8) is 0 Å². The lowest BCUT2D eigenvalue weighted by Gasteiger charge is -2.36. The number of hydrogen-bond donors (Lipinski definition) is 6. The number of unbranched alkanes of at least 4 members (excludes halogenated alkanes) is 1. The fourth-order valence-electron chi connectivity index (χ4n) is 3.40. The highest BCUT2D eigenvalue weighted by atomic mass is 31.2. The van der Waals surface area contributed by atoms with Gasteiger partial charge in [-0.1, -0.05) is 6.42 Å². The minimum Gasteiger partial charge on any atom is -0.480 e. The number of amidine groups is 1. The Bertz CT molecular complexity index is 697. The van der Waals surface area contributed by atoms with Crippen molar-refractivity contribution < 1.29 is 24.9 Å². The Hall–Kier alpha value is -1.42. The van der Waals surface area contributed by atoms with Crippen LogP contribution in [0.15, 0.2) is 17.3 Å². The lowest BCUT2D eigenvalue weighted by molar-refractivity contribution is -0.138. The Kier molecular flexibility index (Phi) is 8.90. The van der Waals surface area contributed by atoms with E-state index in [0.29, 0.717) is 38.1 Å². The molecule has 0 aromatic heterocycles. The molecular formula is C19H36N5O5P. The van der Waals surface area contributed by atoms with Gasteiger partial charge in [-0.25, -0.2) is 4.99 Å². The summed E-state index contributed by atoms with van der Waals surface area (Å²) in [4.78, 5) is 16.8. The van der Waals surface area contributed by atoms with Gasteiger partial charge < -0.3 is 36.4 Å². The van der Waals surface area contributed by atoms with E-state index in [1.165, 1.54) is 0 Å². The Morgan fingerprint density at radius 3 is 2.73 bits per heavy atom. The summed E-state index contributed by atoms with van der Waals surface area (Å²) in [5, 5.41) is 33.1. The first-order valence-electron chi connectivity index (χ1n) is 10.2. The van der Waals surface area contributed by atoms with Gasteiger partial charge in [-0.15, -0.1) is 13.2 Å². The first kappa shape index (κ1) is 24.8. The number of hydrogen-bond acceptors (Lipinski definition) is 9. The Balaban J connectivity index is 1.93. The normalized spacial score (nSPS) is 30.4. The quantitative estimate of drug-likeness (QED) is 0.176. The highest BCUT2D eigenvalue weighted by Crippen LogP contribution is 2.38. The van der Waals surface area contributed by atoms with Crippen LogP contribution in [0.3, 0.4) is 0 Å². The molecule has 0 aromatic carbocycles. The number of carbonyl (C=O) groups is 1. The zero-order chi connectivity index (χ0) is 22.5. The molecule has 0 aromatic rings. The van der Waals surface area contributed by atoms with E-state index in [9.17, 15) is 15.0 Å². The average molecular weight is 446 g/mol. The molecule has 11 heteroatoms. The van der Waals surface area contributed by atoms with E-state index < -0.39 is 49.7 Å². The van der Waals surface area contributed by atoms with E-state index in [1.54, 1.807) is 17.2 Å². The molecule has 2 aliphatic rings. The third-order valence-corrected chi connectivity index (χ3v) is 6.68. The van der Waals surface area contributed by atoms with E-state index in [0.717, 1.165) is 6.16 Å². The number of nitrogens with two attached hydrogens (primary N) is 2. The summed E-state index contributed by atoms with van der Waals surface area (Å²) in [5.74, 6) is -0.668. The molecule has 0 bridgehead atoms. The number of nitrogens with one attached hydrogen (secondary N) is 1. The highest BCUT2D eigenvalue weighted by Gasteiger charge is 2.46. The third kappa shape index (κ3) is 7.08. The van der Waals surface area contributed by atoms with Gasteiger partial charge in [0.2, 0.25) is 0 Å². The average Bonchev–Trinajstić information content (AvgIpc) is 2.93. The molecule has 2 aliphatic heterocycles. The number of nitrogens with zero attached hydrogens (tertiary/aromatic N) is 2. The first-order chi connectivity index (χ1) is 14.0. The summed E-state index contributed by atoms with van der Waals surface area (Å²) in [6.07, 6.45) is 6.84. The largest absolute Gasteiger partial charge is 0.480 e. The van der Waals surface area contributed by atoms with Crippen molar-refractivity contribution in [2.45, 2.75) is 62.6 Å². The number of rotatable bonds is 11. The van der Waals surface area contributed by atoms with E-state index in [2.05, 4.69) is 29.9 Å². The predicted octanol–water partition coefficient (Wildman–Crippen LogP) is -0.826. The van der Waals surface area contributed by atoms with Crippen molar-refractivity contribution in [2.24, 2.45) is 16.5 Å². The maximum Gasteiger partial charge on any atom is 0.320 e. The van der Waals surface area contributed by atoms with E-state index in [-0.39, 0.29) is 0 Å². The number of aliphatic hydroxyl groups excluding tert-OH is 2. The van der Waals surface area contributed by atoms with Gasteiger partial charge >= 0.3 is 5.97 Å². The molecule has 0 amide bonds. The zero-order valence-electron chi connectivity index (χ0n) is 17.7. The van der Waals surface area contributed by atoms with Crippen molar-refractivity contribution in [1.29, 1.82) is 0 Å². The molecule has 0 saturated carbocycles. The van der Waals surface area contributed by atoms with Gasteiger partial charge in [0.25, 0.3) is 0 Å². The van der Waals surface area contributed by atoms with Crippen molar-refractivity contribution >= 4 is 25.0 Å². The second kappa shape index (κ2) is 10.7. The Morgan fingerprint density at radius 1 is 1.40 bits per heavy atom. The molecule has 1 fully saturated rings. The summed E-state index contributed by atoms with van der Waals surface area (Å²) in [5.41, 5.74) is 11.3. The van der Waals surface area contributed by atoms with E-state index in [1.807, 2.05) is 0 Å². The molecule has 10 nitrogen and oxygen atoms in total. The molecule has 2 unspecified atom stereocenters. The van der Waals surface area contributed by atoms with E-state index in [4.69, 9.17) is 21.3 Å². The van der Waals surface area contributed by atoms with Crippen LogP contribution in [0.25, 0.3) is 0 Å². The monoisotopic (exact) mass is 445 g/mol. The van der Waals surface area contributed by atoms with Gasteiger partial charge in [0.05, 0.1) is 6.10 Å². The van der Waals surface area contributed by atoms with Crippen LogP contribution >= 0.6 is 6.89 Å². The standard InChI is InChI=1S/C19H36N5O5P/c1-30(2,3)11-8-13-15(25)16(26)17(29-13)24-10-7-14(21)23-19(24)22-9-5-4-6-12(20)18(27)28/h7,10,12-13,15-17,19,22,25-26H,1,4-6,8-9,11,20H2,2-3H3,(H2,21,23)(H,27,28)/t12?,13-,15-,16-,17-,19?/m1/s1. The van der Waals surface area contributed by atoms with Crippen LogP contribution < -0.4 is 16.8 Å². The number of ether oxygens (including phenoxy) is 1. The van der Waals surface area contributed by atoms with Gasteiger partial charge in [0.15, 0.2) is 12.5 Å². The second-order valence-corrected chi connectivity index (χ2v) is 12.9. The first-order valence-corrected chi connectivity index (χ1v) is 13.2. The molecule has 2 rings (SSSR count). The SMILES string of the molecule is C=P(C)(C)CC[C@H]1O[C@@H](N2C=CC(N)=NC2NCCCCC(N)C(=O)O)[C@H](O)[C@@H]1O. The molecule has 0 radical (unpaired) electrons. The molecule has 1 saturated heterocycles. The summed E-state index contributed by atoms with van der Waals surface area (Å²) < 4.78 is 6.00. The number of aliphatic carboxylic acids is 1. The lowest BCUT2D eigenvalue weighted by atomic mass is 10.1. The van der Waals surface area contributed by atoms with Gasteiger partial charge in [-0.2, -0.15) is 0 Å². The minimum atomic E-state index is -1.27. The Morgan fingerprint density at radius 2 is 2.10 bits per heavy atom. The van der Waals surface area contributed by atoms with Gasteiger partial charge in [-0.05, 0) is 51.4 Å². The van der Waals surface area contributed by atoms with Gasteiger partial charge in [0.1, 0.15) is 24.1 Å². The van der Waals surface area contributed by atoms with Crippen LogP contribution in [0.1, 0.15) is 25.7 Å². The van der Waals surface area contributed by atoms with Crippen LogP contribution in [0.5, 0.6) is 0 Å². The van der Waals surface area contributed by atoms with Crippen molar-refractivity contribution in [3.8, 4) is 0 Å². The smallest absolute Gasteiger partial charge is 0.320 e. The van der Waals surface area contributed by atoms with Crippen LogP contribution in [0.4, 0.5) is 0 Å². The fraction of sp³-hybridized carbons (Fsp3) is 0.737. The Labute approximate surface area is 177 Å². The zero-order valence-corrected chi connectivity index (χ0v) is 18.6. The van der Waals surface area contributed by atoms with Crippen LogP contribution in [0, 0.1) is 0 Å². The number of carboxylic acids is 1. The lowest BCUT2D eigenvalue weighted by Crippen LogP contribution is -2.53. The number of carboxylic acid groups (broad SMARTS) is 1. The molecule has 0 aliphatic carbocycles. The number of aliphatic imine (C=N–C) groups is 1. The molecule has 2 heterocycles. The number of aliphatic hydroxyl groups is 2. The fourth-order valence-corrected chi connectivity index (χ4v) is 4.36. The summed E-state index contributed by atoms with van der Waals surface area (Å²) in [7, 11) is 0. The molecule has 6 atom stereocenters.